The first kappa shape index (κ1) is 13.3. The molecule has 0 aliphatic heterocycles. The molecule has 86 valence electrons. The molecule has 1 heterocycles. The summed E-state index contributed by atoms with van der Waals surface area (Å²) >= 11 is 0. The van der Waals surface area contributed by atoms with Crippen LogP contribution in [-0.2, 0) is 11.8 Å². The Morgan fingerprint density at radius 3 is 2.20 bits per heavy atom. The summed E-state index contributed by atoms with van der Waals surface area (Å²) in [7, 11) is 3.82. The number of hydrogen-bond donors (Lipinski definition) is 2. The van der Waals surface area contributed by atoms with Crippen molar-refractivity contribution in [3.05, 3.63) is 12.5 Å². The maximum absolute atomic E-state index is 10.6. The number of anilines is 1. The van der Waals surface area contributed by atoms with Gasteiger partial charge >= 0.3 is 12.1 Å². The number of carboxylic acid groups (broad SMARTS) is 1. The maximum atomic E-state index is 10.6. The highest BCUT2D eigenvalue weighted by Crippen LogP contribution is 2.13. The van der Waals surface area contributed by atoms with Crippen LogP contribution in [-0.4, -0.2) is 33.9 Å². The molecule has 0 aromatic carbocycles. The van der Waals surface area contributed by atoms with Crippen LogP contribution in [0.3, 0.4) is 0 Å². The molecular formula is C7H10F3N3O2. The quantitative estimate of drug-likeness (QED) is 0.750. The number of halogens is 3. The highest BCUT2D eigenvalue weighted by atomic mass is 19.4. The number of nitrogens with one attached hydrogen (secondary N) is 1. The van der Waals surface area contributed by atoms with Crippen molar-refractivity contribution < 1.29 is 23.1 Å². The van der Waals surface area contributed by atoms with E-state index in [4.69, 9.17) is 9.90 Å². The lowest BCUT2D eigenvalue weighted by molar-refractivity contribution is -0.192. The van der Waals surface area contributed by atoms with E-state index in [9.17, 15) is 13.2 Å². The number of rotatable bonds is 1. The Labute approximate surface area is 83.5 Å². The van der Waals surface area contributed by atoms with Crippen LogP contribution in [0.1, 0.15) is 0 Å². The van der Waals surface area contributed by atoms with E-state index in [0.29, 0.717) is 0 Å². The number of aromatic nitrogens is 2. The number of nitrogens with zero attached hydrogens (tertiary/aromatic N) is 2. The van der Waals surface area contributed by atoms with Gasteiger partial charge in [-0.2, -0.15) is 13.2 Å². The molecule has 0 saturated heterocycles. The molecule has 0 fully saturated rings. The van der Waals surface area contributed by atoms with Gasteiger partial charge in [-0.3, -0.25) is 0 Å². The Hall–Kier alpha value is -1.73. The van der Waals surface area contributed by atoms with Crippen molar-refractivity contribution in [2.75, 3.05) is 12.4 Å². The summed E-state index contributed by atoms with van der Waals surface area (Å²) in [5.74, 6) is -1.72. The third kappa shape index (κ3) is 4.89. The van der Waals surface area contributed by atoms with E-state index in [1.54, 1.807) is 12.5 Å². The fourth-order valence-electron chi connectivity index (χ4n) is 0.598. The van der Waals surface area contributed by atoms with Crippen molar-refractivity contribution in [2.24, 2.45) is 7.05 Å². The smallest absolute Gasteiger partial charge is 0.475 e. The number of aliphatic carboxylic acids is 1. The minimum Gasteiger partial charge on any atom is -0.475 e. The van der Waals surface area contributed by atoms with E-state index in [0.717, 1.165) is 5.82 Å². The summed E-state index contributed by atoms with van der Waals surface area (Å²) in [5, 5.41) is 10.1. The Morgan fingerprint density at radius 1 is 1.60 bits per heavy atom. The molecule has 0 saturated carbocycles. The van der Waals surface area contributed by atoms with E-state index >= 15 is 0 Å². The van der Waals surface area contributed by atoms with Crippen LogP contribution in [0.25, 0.3) is 0 Å². The summed E-state index contributed by atoms with van der Waals surface area (Å²) in [6, 6.07) is 0. The van der Waals surface area contributed by atoms with Crippen molar-refractivity contribution in [3.63, 3.8) is 0 Å². The monoisotopic (exact) mass is 225 g/mol. The van der Waals surface area contributed by atoms with Gasteiger partial charge in [-0.1, -0.05) is 0 Å². The molecule has 1 aromatic rings. The number of carbonyl (C=O) groups is 1. The lowest BCUT2D eigenvalue weighted by Crippen LogP contribution is -2.21. The molecule has 0 aliphatic rings. The zero-order valence-electron chi connectivity index (χ0n) is 8.04. The number of imidazole rings is 1. The topological polar surface area (TPSA) is 67.2 Å². The van der Waals surface area contributed by atoms with E-state index in [1.807, 2.05) is 18.7 Å². The molecule has 0 amide bonds. The summed E-state index contributed by atoms with van der Waals surface area (Å²) in [6.45, 7) is 0. The van der Waals surface area contributed by atoms with Crippen molar-refractivity contribution in [1.29, 1.82) is 0 Å². The van der Waals surface area contributed by atoms with Gasteiger partial charge in [0.15, 0.2) is 0 Å². The molecule has 0 unspecified atom stereocenters. The zero-order chi connectivity index (χ0) is 12.1. The van der Waals surface area contributed by atoms with Gasteiger partial charge < -0.3 is 15.0 Å². The molecule has 15 heavy (non-hydrogen) atoms. The van der Waals surface area contributed by atoms with E-state index in [1.165, 1.54) is 0 Å². The SMILES string of the molecule is CNc1cncn1C.O=C(O)C(F)(F)F. The Kier molecular flexibility index (Phi) is 4.62. The molecule has 8 heteroatoms. The van der Waals surface area contributed by atoms with Gasteiger partial charge in [0.05, 0.1) is 12.5 Å². The molecule has 1 aromatic heterocycles. The van der Waals surface area contributed by atoms with Crippen molar-refractivity contribution >= 4 is 11.8 Å². The minimum atomic E-state index is -5.08. The van der Waals surface area contributed by atoms with Crippen LogP contribution < -0.4 is 5.32 Å². The number of carboxylic acids is 1. The highest BCUT2D eigenvalue weighted by Gasteiger charge is 2.38. The fourth-order valence-corrected chi connectivity index (χ4v) is 0.598. The van der Waals surface area contributed by atoms with Gasteiger partial charge in [0, 0.05) is 14.1 Å². The fraction of sp³-hybridized carbons (Fsp3) is 0.429. The van der Waals surface area contributed by atoms with E-state index in [2.05, 4.69) is 10.3 Å². The van der Waals surface area contributed by atoms with Crippen LogP contribution >= 0.6 is 0 Å². The minimum absolute atomic E-state index is 1.03. The second-order valence-corrected chi connectivity index (χ2v) is 2.44. The summed E-state index contributed by atoms with van der Waals surface area (Å²) in [6.07, 6.45) is -1.55. The standard InChI is InChI=1S/C5H9N3.C2HF3O2/c1-6-5-3-7-4-8(5)2;3-2(4,5)1(6)7/h3-4,6H,1-2H3;(H,6,7). The summed E-state index contributed by atoms with van der Waals surface area (Å²) in [5.41, 5.74) is 0. The molecule has 1 rings (SSSR count). The lowest BCUT2D eigenvalue weighted by Gasteiger charge is -1.96. The second kappa shape index (κ2) is 5.23. The molecule has 0 bridgehead atoms. The second-order valence-electron chi connectivity index (χ2n) is 2.44. The predicted octanol–water partition coefficient (Wildman–Crippen LogP) is 1.10. The van der Waals surface area contributed by atoms with Gasteiger partial charge in [0.2, 0.25) is 0 Å². The summed E-state index contributed by atoms with van der Waals surface area (Å²) in [4.78, 5) is 12.8. The number of alkyl halides is 3. The third-order valence-corrected chi connectivity index (χ3v) is 1.32. The Bertz CT molecular complexity index is 322. The summed E-state index contributed by atoms with van der Waals surface area (Å²) < 4.78 is 33.7. The van der Waals surface area contributed by atoms with Crippen molar-refractivity contribution in [3.8, 4) is 0 Å². The van der Waals surface area contributed by atoms with Gasteiger partial charge in [-0.05, 0) is 0 Å². The third-order valence-electron chi connectivity index (χ3n) is 1.32. The normalized spacial score (nSPS) is 10.2. The first-order chi connectivity index (χ1) is 6.79. The molecule has 0 aliphatic carbocycles. The Morgan fingerprint density at radius 2 is 2.07 bits per heavy atom. The Balaban J connectivity index is 0.000000265. The highest BCUT2D eigenvalue weighted by molar-refractivity contribution is 5.73. The van der Waals surface area contributed by atoms with Crippen molar-refractivity contribution in [1.82, 2.24) is 9.55 Å². The number of aryl methyl sites for hydroxylation is 1. The van der Waals surface area contributed by atoms with Crippen LogP contribution in [0.4, 0.5) is 19.0 Å². The lowest BCUT2D eigenvalue weighted by atomic mass is 10.7. The largest absolute Gasteiger partial charge is 0.490 e. The first-order valence-corrected chi connectivity index (χ1v) is 3.73. The first-order valence-electron chi connectivity index (χ1n) is 3.73. The van der Waals surface area contributed by atoms with Gasteiger partial charge in [-0.15, -0.1) is 0 Å². The van der Waals surface area contributed by atoms with Crippen LogP contribution in [0.15, 0.2) is 12.5 Å². The molecule has 0 radical (unpaired) electrons. The van der Waals surface area contributed by atoms with Crippen LogP contribution in [0.5, 0.6) is 0 Å². The zero-order valence-corrected chi connectivity index (χ0v) is 8.04. The van der Waals surface area contributed by atoms with Gasteiger partial charge in [-0.25, -0.2) is 9.78 Å². The van der Waals surface area contributed by atoms with Gasteiger partial charge in [0.25, 0.3) is 0 Å². The van der Waals surface area contributed by atoms with E-state index in [-0.39, 0.29) is 0 Å². The molecular weight excluding hydrogens is 215 g/mol. The average Bonchev–Trinajstić information content (AvgIpc) is 2.50. The maximum Gasteiger partial charge on any atom is 0.490 e. The number of hydrogen-bond acceptors (Lipinski definition) is 3. The molecule has 5 nitrogen and oxygen atoms in total. The predicted molar refractivity (Wildman–Crippen MR) is 46.4 cm³/mol. The molecule has 0 spiro atoms. The van der Waals surface area contributed by atoms with Gasteiger partial charge in [0.1, 0.15) is 5.82 Å². The van der Waals surface area contributed by atoms with Crippen molar-refractivity contribution in [2.45, 2.75) is 6.18 Å². The molecule has 2 N–H and O–H groups in total. The average molecular weight is 225 g/mol. The van der Waals surface area contributed by atoms with Crippen LogP contribution in [0, 0.1) is 0 Å². The van der Waals surface area contributed by atoms with E-state index < -0.39 is 12.1 Å². The molecule has 0 atom stereocenters. The van der Waals surface area contributed by atoms with Crippen LogP contribution in [0.2, 0.25) is 0 Å².